The highest BCUT2D eigenvalue weighted by atomic mass is 16.5. The van der Waals surface area contributed by atoms with E-state index in [1.807, 2.05) is 49.5 Å². The van der Waals surface area contributed by atoms with Crippen LogP contribution in [0.1, 0.15) is 39.8 Å². The molecule has 1 amide bonds. The van der Waals surface area contributed by atoms with Gasteiger partial charge in [-0.15, -0.1) is 0 Å². The molecule has 8 heteroatoms. The number of rotatable bonds is 6. The van der Waals surface area contributed by atoms with E-state index >= 15 is 0 Å². The summed E-state index contributed by atoms with van der Waals surface area (Å²) in [6.07, 6.45) is 1.80. The zero-order chi connectivity index (χ0) is 21.1. The smallest absolute Gasteiger partial charge is 0.226 e. The molecule has 0 bridgehead atoms. The summed E-state index contributed by atoms with van der Waals surface area (Å²) >= 11 is 0. The average molecular weight is 405 g/mol. The number of hydrogen-bond acceptors (Lipinski definition) is 6. The minimum atomic E-state index is -0.332. The zero-order valence-corrected chi connectivity index (χ0v) is 16.9. The highest BCUT2D eigenvalue weighted by Gasteiger charge is 2.24. The molecule has 1 aliphatic rings. The molecule has 4 rings (SSSR count). The van der Waals surface area contributed by atoms with E-state index in [2.05, 4.69) is 20.4 Å². The third-order valence-electron chi connectivity index (χ3n) is 5.11. The van der Waals surface area contributed by atoms with Crippen molar-refractivity contribution in [2.45, 2.75) is 25.6 Å². The maximum Gasteiger partial charge on any atom is 0.226 e. The fourth-order valence-corrected chi connectivity index (χ4v) is 3.73. The van der Waals surface area contributed by atoms with Crippen LogP contribution >= 0.6 is 0 Å². The number of amides is 1. The molecule has 0 saturated carbocycles. The van der Waals surface area contributed by atoms with Gasteiger partial charge in [0.1, 0.15) is 0 Å². The number of fused-ring (bicyclic) bond motifs is 1. The number of aliphatic imine (C=N–C) groups is 1. The Labute approximate surface area is 174 Å². The summed E-state index contributed by atoms with van der Waals surface area (Å²) in [5.74, 6) is 0.296. The molecular formula is C22H23N5O3. The number of carbonyl (C=O) groups is 1. The van der Waals surface area contributed by atoms with E-state index < -0.39 is 0 Å². The molecule has 0 aliphatic carbocycles. The minimum Gasteiger partial charge on any atom is -0.481 e. The molecule has 0 fully saturated rings. The van der Waals surface area contributed by atoms with Crippen LogP contribution in [0.5, 0.6) is 0 Å². The average Bonchev–Trinajstić information content (AvgIpc) is 3.37. The summed E-state index contributed by atoms with van der Waals surface area (Å²) in [5, 5.41) is 17.1. The van der Waals surface area contributed by atoms with Gasteiger partial charge < -0.3 is 15.2 Å². The quantitative estimate of drug-likeness (QED) is 0.650. The van der Waals surface area contributed by atoms with Crippen LogP contribution in [0.15, 0.2) is 53.7 Å². The number of carbonyl (C=O) groups excluding carboxylic acids is 1. The molecular weight excluding hydrogens is 382 g/mol. The van der Waals surface area contributed by atoms with Crippen molar-refractivity contribution < 1.29 is 14.6 Å². The number of nitrogens with zero attached hydrogens (tertiary/aromatic N) is 4. The monoisotopic (exact) mass is 405 g/mol. The molecule has 1 atom stereocenters. The number of nitrogens with one attached hydrogen (secondary N) is 1. The van der Waals surface area contributed by atoms with Crippen LogP contribution in [0.3, 0.4) is 0 Å². The summed E-state index contributed by atoms with van der Waals surface area (Å²) in [6.45, 7) is 0.201. The third kappa shape index (κ3) is 3.81. The molecule has 2 N–H and O–H groups in total. The van der Waals surface area contributed by atoms with Gasteiger partial charge in [-0.25, -0.2) is 4.99 Å². The lowest BCUT2D eigenvalue weighted by atomic mass is 10.0. The van der Waals surface area contributed by atoms with Crippen molar-refractivity contribution in [3.8, 4) is 0 Å². The highest BCUT2D eigenvalue weighted by molar-refractivity contribution is 5.98. The Morgan fingerprint density at radius 1 is 1.30 bits per heavy atom. The number of methoxy groups -OCH3 is 1. The second-order valence-electron chi connectivity index (χ2n) is 7.05. The molecule has 8 nitrogen and oxygen atoms in total. The number of aliphatic hydroxyl groups excluding tert-OH is 1. The van der Waals surface area contributed by atoms with Crippen molar-refractivity contribution in [1.82, 2.24) is 20.1 Å². The maximum absolute atomic E-state index is 12.9. The zero-order valence-electron chi connectivity index (χ0n) is 16.9. The molecule has 0 spiro atoms. The summed E-state index contributed by atoms with van der Waals surface area (Å²) in [4.78, 5) is 21.7. The fourth-order valence-electron chi connectivity index (χ4n) is 3.73. The van der Waals surface area contributed by atoms with Gasteiger partial charge in [-0.1, -0.05) is 30.3 Å². The summed E-state index contributed by atoms with van der Waals surface area (Å²) in [7, 11) is 3.39. The summed E-state index contributed by atoms with van der Waals surface area (Å²) in [5.41, 5.74) is 4.52. The summed E-state index contributed by atoms with van der Waals surface area (Å²) in [6, 6.07) is 13.2. The lowest BCUT2D eigenvalue weighted by molar-refractivity contribution is -0.121. The van der Waals surface area contributed by atoms with Crippen LogP contribution in [0.25, 0.3) is 0 Å². The van der Waals surface area contributed by atoms with Crippen molar-refractivity contribution in [2.75, 3.05) is 7.11 Å². The Balaban J connectivity index is 1.57. The van der Waals surface area contributed by atoms with Crippen molar-refractivity contribution in [3.05, 3.63) is 82.4 Å². The van der Waals surface area contributed by atoms with Gasteiger partial charge in [0.25, 0.3) is 0 Å². The van der Waals surface area contributed by atoms with E-state index in [0.717, 1.165) is 22.4 Å². The first-order valence-corrected chi connectivity index (χ1v) is 9.64. The lowest BCUT2D eigenvalue weighted by Gasteiger charge is -2.20. The lowest BCUT2D eigenvalue weighted by Crippen LogP contribution is -2.32. The van der Waals surface area contributed by atoms with Crippen molar-refractivity contribution >= 4 is 11.8 Å². The molecule has 0 saturated heterocycles. The first kappa shape index (κ1) is 19.8. The fraction of sp³-hybridized carbons (Fsp3) is 0.273. The Hall–Kier alpha value is -3.52. The van der Waals surface area contributed by atoms with Crippen LogP contribution in [0.4, 0.5) is 0 Å². The van der Waals surface area contributed by atoms with Gasteiger partial charge in [-0.2, -0.15) is 5.10 Å². The first-order chi connectivity index (χ1) is 14.6. The SMILES string of the molecule is COC1=NCc2cc(CC(=O)N[C@H](c3ccccc3)c3ccnn3C)nc(CO)c21. The standard InChI is InChI=1S/C22H23N5O3/c1-27-18(8-9-24-27)21(14-6-4-3-5-7-14)26-19(29)11-16-10-15-12-23-22(30-2)20(15)17(13-28)25-16/h3-10,21,28H,11-13H2,1-2H3,(H,26,29)/t21-/m1/s1. The van der Waals surface area contributed by atoms with Gasteiger partial charge in [-0.05, 0) is 23.3 Å². The van der Waals surface area contributed by atoms with E-state index in [1.165, 1.54) is 0 Å². The van der Waals surface area contributed by atoms with E-state index in [1.54, 1.807) is 18.0 Å². The van der Waals surface area contributed by atoms with E-state index in [-0.39, 0.29) is 25.0 Å². The van der Waals surface area contributed by atoms with Crippen molar-refractivity contribution in [3.63, 3.8) is 0 Å². The number of hydrogen-bond donors (Lipinski definition) is 2. The van der Waals surface area contributed by atoms with Crippen LogP contribution in [-0.2, 0) is 36.2 Å². The Morgan fingerprint density at radius 3 is 2.77 bits per heavy atom. The topological polar surface area (TPSA) is 102 Å². The third-order valence-corrected chi connectivity index (χ3v) is 5.11. The molecule has 0 radical (unpaired) electrons. The normalized spacial score (nSPS) is 13.5. The number of ether oxygens (including phenoxy) is 1. The van der Waals surface area contributed by atoms with Gasteiger partial charge in [-0.3, -0.25) is 14.5 Å². The predicted molar refractivity (Wildman–Crippen MR) is 111 cm³/mol. The molecule has 1 aromatic carbocycles. The number of pyridine rings is 1. The first-order valence-electron chi connectivity index (χ1n) is 9.64. The predicted octanol–water partition coefficient (Wildman–Crippen LogP) is 1.66. The largest absolute Gasteiger partial charge is 0.481 e. The van der Waals surface area contributed by atoms with E-state index in [4.69, 9.17) is 4.74 Å². The Kier molecular flexibility index (Phi) is 5.58. The van der Waals surface area contributed by atoms with Crippen molar-refractivity contribution in [2.24, 2.45) is 12.0 Å². The van der Waals surface area contributed by atoms with Crippen LogP contribution in [-0.4, -0.2) is 38.8 Å². The second-order valence-corrected chi connectivity index (χ2v) is 7.05. The molecule has 3 heterocycles. The molecule has 1 aliphatic heterocycles. The highest BCUT2D eigenvalue weighted by Crippen LogP contribution is 2.25. The van der Waals surface area contributed by atoms with Gasteiger partial charge in [0.05, 0.1) is 55.4 Å². The molecule has 30 heavy (non-hydrogen) atoms. The summed E-state index contributed by atoms with van der Waals surface area (Å²) < 4.78 is 7.02. The van der Waals surface area contributed by atoms with Crippen LogP contribution in [0.2, 0.25) is 0 Å². The van der Waals surface area contributed by atoms with E-state index in [9.17, 15) is 9.90 Å². The molecule has 0 unspecified atom stereocenters. The Morgan fingerprint density at radius 2 is 2.10 bits per heavy atom. The van der Waals surface area contributed by atoms with Gasteiger partial charge >= 0.3 is 0 Å². The number of aromatic nitrogens is 3. The molecule has 3 aromatic rings. The molecule has 2 aromatic heterocycles. The van der Waals surface area contributed by atoms with Crippen LogP contribution in [0, 0.1) is 0 Å². The van der Waals surface area contributed by atoms with Gasteiger partial charge in [0.2, 0.25) is 11.8 Å². The molecule has 154 valence electrons. The second kappa shape index (κ2) is 8.46. The number of aliphatic hydroxyl groups is 1. The number of aryl methyl sites for hydroxylation is 1. The minimum absolute atomic E-state index is 0.0871. The van der Waals surface area contributed by atoms with Crippen molar-refractivity contribution in [1.29, 1.82) is 0 Å². The van der Waals surface area contributed by atoms with E-state index in [0.29, 0.717) is 23.8 Å². The maximum atomic E-state index is 12.9. The van der Waals surface area contributed by atoms with Gasteiger partial charge in [0.15, 0.2) is 0 Å². The number of benzene rings is 1. The Bertz CT molecular complexity index is 1090. The van der Waals surface area contributed by atoms with Gasteiger partial charge in [0, 0.05) is 13.2 Å². The van der Waals surface area contributed by atoms with Crippen LogP contribution < -0.4 is 5.32 Å².